The summed E-state index contributed by atoms with van der Waals surface area (Å²) in [5, 5.41) is 0. The molecule has 25 heavy (non-hydrogen) atoms. The first-order chi connectivity index (χ1) is 12.1. The Balaban J connectivity index is 1.60. The molecule has 1 aromatic carbocycles. The van der Waals surface area contributed by atoms with Crippen LogP contribution in [-0.2, 0) is 19.0 Å². The van der Waals surface area contributed by atoms with Crippen LogP contribution in [0.5, 0.6) is 0 Å². The molecule has 0 saturated heterocycles. The summed E-state index contributed by atoms with van der Waals surface area (Å²) < 4.78 is 30.3. The Labute approximate surface area is 148 Å². The quantitative estimate of drug-likeness (QED) is 0.519. The smallest absolute Gasteiger partial charge is 0.306 e. The fourth-order valence-corrected chi connectivity index (χ4v) is 4.48. The molecule has 2 bridgehead atoms. The van der Waals surface area contributed by atoms with Gasteiger partial charge in [-0.3, -0.25) is 4.79 Å². The highest BCUT2D eigenvalue weighted by Gasteiger charge is 2.40. The maximum Gasteiger partial charge on any atom is 0.306 e. The third-order valence-electron chi connectivity index (χ3n) is 5.63. The van der Waals surface area contributed by atoms with E-state index in [1.807, 2.05) is 0 Å². The highest BCUT2D eigenvalue weighted by Crippen LogP contribution is 2.49. The Kier molecular flexibility index (Phi) is 6.07. The molecule has 0 aliphatic heterocycles. The van der Waals surface area contributed by atoms with Gasteiger partial charge >= 0.3 is 5.97 Å². The minimum atomic E-state index is -0.690. The average molecular weight is 350 g/mol. The number of carbonyl (C=O) groups excluding carboxylic acids is 1. The van der Waals surface area contributed by atoms with Crippen LogP contribution < -0.4 is 0 Å². The lowest BCUT2D eigenvalue weighted by atomic mass is 9.86. The summed E-state index contributed by atoms with van der Waals surface area (Å²) >= 11 is 0. The topological polar surface area (TPSA) is 44.8 Å². The number of hydrogen-bond donors (Lipinski definition) is 0. The van der Waals surface area contributed by atoms with Gasteiger partial charge in [-0.05, 0) is 50.0 Å². The first-order valence-corrected chi connectivity index (χ1v) is 9.13. The van der Waals surface area contributed by atoms with Gasteiger partial charge in [0.15, 0.2) is 0 Å². The second-order valence-corrected chi connectivity index (χ2v) is 7.35. The normalized spacial score (nSPS) is 27.2. The first kappa shape index (κ1) is 18.3. The molecule has 0 N–H and O–H groups in total. The summed E-state index contributed by atoms with van der Waals surface area (Å²) in [6, 6.07) is 6.39. The predicted molar refractivity (Wildman–Crippen MR) is 91.2 cm³/mol. The standard InChI is InChI=1S/C20H27FO4/c1-13(20(24-12-23-2)17-5-3-4-6-18(17)21)25-19(22)11-16-10-14-7-8-15(16)9-14/h3-6,13-16,20H,7-12H2,1-2H3/t13-,14?,15?,16?,20+/m0/s1. The van der Waals surface area contributed by atoms with Crippen LogP contribution in [0.2, 0.25) is 0 Å². The third kappa shape index (κ3) is 4.39. The molecule has 1 aromatic rings. The Hall–Kier alpha value is -1.46. The van der Waals surface area contributed by atoms with Crippen molar-refractivity contribution in [1.29, 1.82) is 0 Å². The molecule has 0 radical (unpaired) electrons. The monoisotopic (exact) mass is 350 g/mol. The second-order valence-electron chi connectivity index (χ2n) is 7.35. The Bertz CT molecular complexity index is 591. The van der Waals surface area contributed by atoms with Gasteiger partial charge in [0, 0.05) is 19.1 Å². The van der Waals surface area contributed by atoms with Crippen LogP contribution >= 0.6 is 0 Å². The summed E-state index contributed by atoms with van der Waals surface area (Å²) in [6.45, 7) is 1.75. The van der Waals surface area contributed by atoms with Gasteiger partial charge in [-0.2, -0.15) is 0 Å². The van der Waals surface area contributed by atoms with Crippen molar-refractivity contribution in [2.75, 3.05) is 13.9 Å². The lowest BCUT2D eigenvalue weighted by molar-refractivity contribution is -0.165. The minimum Gasteiger partial charge on any atom is -0.459 e. The van der Waals surface area contributed by atoms with Gasteiger partial charge in [0.1, 0.15) is 24.8 Å². The number of ether oxygens (including phenoxy) is 3. The zero-order valence-electron chi connectivity index (χ0n) is 14.9. The van der Waals surface area contributed by atoms with Crippen LogP contribution in [0.25, 0.3) is 0 Å². The third-order valence-corrected chi connectivity index (χ3v) is 5.63. The van der Waals surface area contributed by atoms with Gasteiger partial charge in [-0.1, -0.05) is 24.6 Å². The minimum absolute atomic E-state index is 0.00721. The van der Waals surface area contributed by atoms with E-state index < -0.39 is 12.2 Å². The molecular weight excluding hydrogens is 323 g/mol. The molecule has 2 saturated carbocycles. The summed E-state index contributed by atoms with van der Waals surface area (Å²) in [4.78, 5) is 12.4. The van der Waals surface area contributed by atoms with Crippen molar-refractivity contribution in [2.24, 2.45) is 17.8 Å². The summed E-state index contributed by atoms with van der Waals surface area (Å²) in [7, 11) is 1.50. The number of methoxy groups -OCH3 is 1. The van der Waals surface area contributed by atoms with E-state index in [0.717, 1.165) is 12.3 Å². The average Bonchev–Trinajstić information content (AvgIpc) is 3.19. The maximum absolute atomic E-state index is 14.1. The molecule has 2 aliphatic rings. The van der Waals surface area contributed by atoms with Crippen LogP contribution in [0.3, 0.4) is 0 Å². The molecule has 2 aliphatic carbocycles. The van der Waals surface area contributed by atoms with Crippen molar-refractivity contribution in [3.63, 3.8) is 0 Å². The molecule has 3 unspecified atom stereocenters. The molecular formula is C20H27FO4. The number of rotatable bonds is 8. The van der Waals surface area contributed by atoms with Gasteiger partial charge in [-0.25, -0.2) is 4.39 Å². The van der Waals surface area contributed by atoms with Crippen LogP contribution in [0, 0.1) is 23.6 Å². The van der Waals surface area contributed by atoms with E-state index in [9.17, 15) is 9.18 Å². The van der Waals surface area contributed by atoms with Crippen molar-refractivity contribution in [1.82, 2.24) is 0 Å². The van der Waals surface area contributed by atoms with E-state index in [1.54, 1.807) is 25.1 Å². The van der Waals surface area contributed by atoms with Crippen molar-refractivity contribution < 1.29 is 23.4 Å². The predicted octanol–water partition coefficient (Wildman–Crippen LogP) is 4.25. The molecule has 2 fully saturated rings. The molecule has 0 aromatic heterocycles. The summed E-state index contributed by atoms with van der Waals surface area (Å²) in [5.41, 5.74) is 0.375. The lowest BCUT2D eigenvalue weighted by Crippen LogP contribution is -2.27. The molecule has 138 valence electrons. The second kappa shape index (κ2) is 8.28. The summed E-state index contributed by atoms with van der Waals surface area (Å²) in [5.74, 6) is 1.34. The van der Waals surface area contributed by atoms with Crippen LogP contribution in [0.4, 0.5) is 4.39 Å². The first-order valence-electron chi connectivity index (χ1n) is 9.13. The number of halogens is 1. The van der Waals surface area contributed by atoms with E-state index in [0.29, 0.717) is 23.8 Å². The van der Waals surface area contributed by atoms with Crippen molar-refractivity contribution in [2.45, 2.75) is 51.2 Å². The Morgan fingerprint density at radius 1 is 1.28 bits per heavy atom. The van der Waals surface area contributed by atoms with Crippen LogP contribution in [0.15, 0.2) is 24.3 Å². The van der Waals surface area contributed by atoms with Crippen LogP contribution in [0.1, 0.15) is 50.7 Å². The van der Waals surface area contributed by atoms with Gasteiger partial charge in [-0.15, -0.1) is 0 Å². The van der Waals surface area contributed by atoms with Crippen molar-refractivity contribution in [3.05, 3.63) is 35.6 Å². The molecule has 0 heterocycles. The molecule has 5 atom stereocenters. The van der Waals surface area contributed by atoms with Gasteiger partial charge < -0.3 is 14.2 Å². The van der Waals surface area contributed by atoms with Crippen molar-refractivity contribution >= 4 is 5.97 Å². The SMILES string of the molecule is COCO[C@@H](c1ccccc1F)[C@H](C)OC(=O)CC1CC2CCC1C2. The Morgan fingerprint density at radius 2 is 2.08 bits per heavy atom. The van der Waals surface area contributed by atoms with E-state index in [2.05, 4.69) is 0 Å². The Morgan fingerprint density at radius 3 is 2.72 bits per heavy atom. The molecule has 5 heteroatoms. The maximum atomic E-state index is 14.1. The zero-order chi connectivity index (χ0) is 17.8. The number of fused-ring (bicyclic) bond motifs is 2. The van der Waals surface area contributed by atoms with E-state index in [4.69, 9.17) is 14.2 Å². The van der Waals surface area contributed by atoms with Gasteiger partial charge in [0.2, 0.25) is 0 Å². The summed E-state index contributed by atoms with van der Waals surface area (Å²) in [6.07, 6.45) is 4.15. The highest BCUT2D eigenvalue weighted by atomic mass is 19.1. The van der Waals surface area contributed by atoms with Gasteiger partial charge in [0.05, 0.1) is 0 Å². The van der Waals surface area contributed by atoms with E-state index in [-0.39, 0.29) is 18.6 Å². The number of carbonyl (C=O) groups is 1. The fraction of sp³-hybridized carbons (Fsp3) is 0.650. The van der Waals surface area contributed by atoms with Crippen LogP contribution in [-0.4, -0.2) is 26.0 Å². The largest absolute Gasteiger partial charge is 0.459 e. The van der Waals surface area contributed by atoms with E-state index in [1.165, 1.54) is 32.4 Å². The highest BCUT2D eigenvalue weighted by molar-refractivity contribution is 5.70. The molecule has 4 nitrogen and oxygen atoms in total. The number of esters is 1. The fourth-order valence-electron chi connectivity index (χ4n) is 4.48. The lowest BCUT2D eigenvalue weighted by Gasteiger charge is -2.26. The van der Waals surface area contributed by atoms with E-state index >= 15 is 0 Å². The number of hydrogen-bond acceptors (Lipinski definition) is 4. The van der Waals surface area contributed by atoms with Gasteiger partial charge in [0.25, 0.3) is 0 Å². The zero-order valence-corrected chi connectivity index (χ0v) is 14.9. The molecule has 3 rings (SSSR count). The number of benzene rings is 1. The molecule has 0 amide bonds. The van der Waals surface area contributed by atoms with Crippen molar-refractivity contribution in [3.8, 4) is 0 Å². The molecule has 0 spiro atoms.